The van der Waals surface area contributed by atoms with E-state index < -0.39 is 12.2 Å². The normalized spacial score (nSPS) is 25.3. The van der Waals surface area contributed by atoms with Crippen molar-refractivity contribution in [1.29, 1.82) is 0 Å². The molecule has 0 bridgehead atoms. The molecule has 1 aliphatic carbocycles. The molecule has 2 N–H and O–H groups in total. The van der Waals surface area contributed by atoms with E-state index in [0.29, 0.717) is 23.6 Å². The van der Waals surface area contributed by atoms with Crippen LogP contribution < -0.4 is 0 Å². The van der Waals surface area contributed by atoms with Crippen LogP contribution in [-0.4, -0.2) is 27.0 Å². The van der Waals surface area contributed by atoms with Gasteiger partial charge >= 0.3 is 0 Å². The van der Waals surface area contributed by atoms with Crippen molar-refractivity contribution in [2.75, 3.05) is 0 Å². The zero-order valence-corrected chi connectivity index (χ0v) is 12.4. The summed E-state index contributed by atoms with van der Waals surface area (Å²) < 4.78 is 29.2. The molecule has 120 valence electrons. The van der Waals surface area contributed by atoms with Gasteiger partial charge in [-0.1, -0.05) is 0 Å². The lowest BCUT2D eigenvalue weighted by Crippen LogP contribution is -2.38. The molecule has 3 unspecified atom stereocenters. The summed E-state index contributed by atoms with van der Waals surface area (Å²) in [5.74, 6) is -0.768. The van der Waals surface area contributed by atoms with Crippen LogP contribution in [0.2, 0.25) is 0 Å². The Morgan fingerprint density at radius 2 is 1.43 bits per heavy atom. The van der Waals surface area contributed by atoms with Crippen molar-refractivity contribution in [3.63, 3.8) is 0 Å². The highest BCUT2D eigenvalue weighted by Gasteiger charge is 2.33. The summed E-state index contributed by atoms with van der Waals surface area (Å²) in [6.07, 6.45) is 0.413. The fraction of sp³-hybridized carbons (Fsp3) is 0.333. The van der Waals surface area contributed by atoms with Crippen LogP contribution in [0.5, 0.6) is 0 Å². The van der Waals surface area contributed by atoms with Gasteiger partial charge in [0, 0.05) is 21.8 Å². The average molecular weight is 317 g/mol. The molecule has 2 aromatic carbocycles. The number of aromatic nitrogens is 1. The Morgan fingerprint density at radius 1 is 0.870 bits per heavy atom. The summed E-state index contributed by atoms with van der Waals surface area (Å²) in [6, 6.07) is 8.49. The second-order valence-electron chi connectivity index (χ2n) is 6.25. The van der Waals surface area contributed by atoms with Crippen LogP contribution in [0.3, 0.4) is 0 Å². The maximum Gasteiger partial charge on any atom is 0.123 e. The van der Waals surface area contributed by atoms with Crippen molar-refractivity contribution >= 4 is 21.8 Å². The van der Waals surface area contributed by atoms with E-state index in [9.17, 15) is 19.0 Å². The van der Waals surface area contributed by atoms with Crippen LogP contribution in [0.4, 0.5) is 8.78 Å². The monoisotopic (exact) mass is 317 g/mol. The van der Waals surface area contributed by atoms with Crippen molar-refractivity contribution in [2.45, 2.75) is 37.5 Å². The molecule has 5 heteroatoms. The lowest BCUT2D eigenvalue weighted by atomic mass is 9.89. The molecule has 0 amide bonds. The van der Waals surface area contributed by atoms with Gasteiger partial charge in [-0.25, -0.2) is 8.78 Å². The summed E-state index contributed by atoms with van der Waals surface area (Å²) in [5.41, 5.74) is 1.48. The van der Waals surface area contributed by atoms with Crippen molar-refractivity contribution in [3.05, 3.63) is 48.0 Å². The molecule has 0 spiro atoms. The van der Waals surface area contributed by atoms with Crippen LogP contribution in [0, 0.1) is 11.6 Å². The fourth-order valence-corrected chi connectivity index (χ4v) is 3.77. The van der Waals surface area contributed by atoms with Gasteiger partial charge in [-0.05, 0) is 55.7 Å². The number of aliphatic hydroxyl groups is 2. The lowest BCUT2D eigenvalue weighted by molar-refractivity contribution is -0.0375. The third-order valence-electron chi connectivity index (χ3n) is 4.85. The van der Waals surface area contributed by atoms with E-state index >= 15 is 0 Å². The van der Waals surface area contributed by atoms with E-state index in [2.05, 4.69) is 0 Å². The van der Waals surface area contributed by atoms with E-state index in [1.54, 1.807) is 12.1 Å². The number of halogens is 2. The Hall–Kier alpha value is -1.98. The number of hydrogen-bond donors (Lipinski definition) is 2. The summed E-state index contributed by atoms with van der Waals surface area (Å²) >= 11 is 0. The van der Waals surface area contributed by atoms with Crippen LogP contribution >= 0.6 is 0 Å². The molecule has 0 aliphatic heterocycles. The molecule has 4 rings (SSSR count). The van der Waals surface area contributed by atoms with E-state index in [0.717, 1.165) is 17.5 Å². The zero-order chi connectivity index (χ0) is 16.1. The predicted molar refractivity (Wildman–Crippen MR) is 84.3 cm³/mol. The van der Waals surface area contributed by atoms with Crippen LogP contribution in [0.15, 0.2) is 36.4 Å². The third kappa shape index (κ3) is 2.23. The Kier molecular flexibility index (Phi) is 3.36. The summed E-state index contributed by atoms with van der Waals surface area (Å²) in [6.45, 7) is 0. The van der Waals surface area contributed by atoms with Crippen LogP contribution in [0.1, 0.15) is 25.3 Å². The molecule has 1 saturated carbocycles. The minimum atomic E-state index is -0.891. The quantitative estimate of drug-likeness (QED) is 0.721. The molecule has 1 aliphatic rings. The van der Waals surface area contributed by atoms with Crippen LogP contribution in [-0.2, 0) is 0 Å². The number of benzene rings is 2. The number of rotatable bonds is 1. The molecule has 1 heterocycles. The maximum atomic E-state index is 13.7. The van der Waals surface area contributed by atoms with E-state index in [-0.39, 0.29) is 17.7 Å². The van der Waals surface area contributed by atoms with E-state index in [1.165, 1.54) is 24.3 Å². The summed E-state index contributed by atoms with van der Waals surface area (Å²) in [7, 11) is 0. The van der Waals surface area contributed by atoms with Gasteiger partial charge in [-0.3, -0.25) is 0 Å². The molecule has 3 atom stereocenters. The van der Waals surface area contributed by atoms with Crippen LogP contribution in [0.25, 0.3) is 21.8 Å². The smallest absolute Gasteiger partial charge is 0.123 e. The highest BCUT2D eigenvalue weighted by atomic mass is 19.1. The maximum absolute atomic E-state index is 13.7. The second kappa shape index (κ2) is 5.28. The zero-order valence-electron chi connectivity index (χ0n) is 12.4. The Morgan fingerprint density at radius 3 is 2.00 bits per heavy atom. The van der Waals surface area contributed by atoms with E-state index in [1.807, 2.05) is 4.57 Å². The molecule has 1 fully saturated rings. The molecule has 23 heavy (non-hydrogen) atoms. The number of hydrogen-bond acceptors (Lipinski definition) is 2. The first-order valence-electron chi connectivity index (χ1n) is 7.81. The highest BCUT2D eigenvalue weighted by Crippen LogP contribution is 2.38. The third-order valence-corrected chi connectivity index (χ3v) is 4.85. The van der Waals surface area contributed by atoms with Gasteiger partial charge in [0.25, 0.3) is 0 Å². The predicted octanol–water partition coefficient (Wildman–Crippen LogP) is 3.52. The largest absolute Gasteiger partial charge is 0.390 e. The first-order chi connectivity index (χ1) is 11.1. The minimum Gasteiger partial charge on any atom is -0.390 e. The van der Waals surface area contributed by atoms with Crippen molar-refractivity contribution < 1.29 is 19.0 Å². The summed E-state index contributed by atoms with van der Waals surface area (Å²) in [5, 5.41) is 21.6. The topological polar surface area (TPSA) is 45.4 Å². The van der Waals surface area contributed by atoms with Gasteiger partial charge in [-0.15, -0.1) is 0 Å². The fourth-order valence-electron chi connectivity index (χ4n) is 3.77. The Labute approximate surface area is 131 Å². The van der Waals surface area contributed by atoms with Gasteiger partial charge in [-0.2, -0.15) is 0 Å². The van der Waals surface area contributed by atoms with Gasteiger partial charge in [0.1, 0.15) is 17.7 Å². The van der Waals surface area contributed by atoms with Crippen molar-refractivity contribution in [3.8, 4) is 0 Å². The molecule has 3 nitrogen and oxygen atoms in total. The Balaban J connectivity index is 2.04. The molecule has 0 radical (unpaired) electrons. The standard InChI is InChI=1S/C18H17F2NO2/c19-10-4-6-14-12(8-10)13-9-11(20)5-7-15(13)21(14)16-2-1-3-17(22)18(16)23/h4-9,16-18,22-23H,1-3H2. The second-order valence-corrected chi connectivity index (χ2v) is 6.25. The van der Waals surface area contributed by atoms with Gasteiger partial charge in [0.15, 0.2) is 0 Å². The highest BCUT2D eigenvalue weighted by molar-refractivity contribution is 6.08. The first kappa shape index (κ1) is 14.6. The number of aliphatic hydroxyl groups excluding tert-OH is 2. The van der Waals surface area contributed by atoms with Gasteiger partial charge in [0.05, 0.1) is 12.1 Å². The molecule has 1 aromatic heterocycles. The van der Waals surface area contributed by atoms with E-state index in [4.69, 9.17) is 0 Å². The van der Waals surface area contributed by atoms with Gasteiger partial charge in [0.2, 0.25) is 0 Å². The lowest BCUT2D eigenvalue weighted by Gasteiger charge is -2.33. The number of fused-ring (bicyclic) bond motifs is 3. The van der Waals surface area contributed by atoms with Gasteiger partial charge < -0.3 is 14.8 Å². The molecular formula is C18H17F2NO2. The minimum absolute atomic E-state index is 0.310. The molecular weight excluding hydrogens is 300 g/mol. The number of nitrogens with zero attached hydrogens (tertiary/aromatic N) is 1. The molecule has 3 aromatic rings. The SMILES string of the molecule is OC1CCCC(n2c3ccc(F)cc3c3cc(F)ccc32)C1O. The van der Waals surface area contributed by atoms with Crippen molar-refractivity contribution in [2.24, 2.45) is 0 Å². The molecule has 0 saturated heterocycles. The Bertz CT molecular complexity index is 830. The average Bonchev–Trinajstić information content (AvgIpc) is 2.83. The van der Waals surface area contributed by atoms with Crippen molar-refractivity contribution in [1.82, 2.24) is 4.57 Å². The summed E-state index contributed by atoms with van der Waals surface area (Å²) in [4.78, 5) is 0. The first-order valence-corrected chi connectivity index (χ1v) is 7.81.